The van der Waals surface area contributed by atoms with E-state index in [1.165, 1.54) is 12.5 Å². The number of rotatable bonds is 20. The van der Waals surface area contributed by atoms with Crippen molar-refractivity contribution in [1.29, 1.82) is 0 Å². The average Bonchev–Trinajstić information content (AvgIpc) is 3.10. The van der Waals surface area contributed by atoms with Crippen molar-refractivity contribution in [3.05, 3.63) is 97.1 Å². The van der Waals surface area contributed by atoms with Crippen LogP contribution in [0.4, 0.5) is 4.79 Å². The highest BCUT2D eigenvalue weighted by Gasteiger charge is 2.29. The predicted molar refractivity (Wildman–Crippen MR) is 185 cm³/mol. The van der Waals surface area contributed by atoms with Crippen molar-refractivity contribution in [3.63, 3.8) is 0 Å². The predicted octanol–water partition coefficient (Wildman–Crippen LogP) is 5.16. The van der Waals surface area contributed by atoms with Gasteiger partial charge in [-0.2, -0.15) is 0 Å². The summed E-state index contributed by atoms with van der Waals surface area (Å²) in [5, 5.41) is 18.3. The number of hydrogen-bond donors (Lipinski definition) is 4. The average molecular weight is 662 g/mol. The second-order valence-corrected chi connectivity index (χ2v) is 12.4. The van der Waals surface area contributed by atoms with Gasteiger partial charge in [-0.1, -0.05) is 105 Å². The van der Waals surface area contributed by atoms with Crippen molar-refractivity contribution >= 4 is 23.9 Å². The SMILES string of the molecule is C=CC[C@H](CC(=O)N[C@@H](CO)Cc1ccccc1)C(=O)N[C@H](COC(=O)[C@@H](CC=C)NC(=O)OCc1ccccc1)CC1CCCCC1. The lowest BCUT2D eigenvalue weighted by molar-refractivity contribution is -0.147. The van der Waals surface area contributed by atoms with Gasteiger partial charge in [-0.15, -0.1) is 13.2 Å². The molecule has 260 valence electrons. The number of hydrogen-bond acceptors (Lipinski definition) is 7. The Bertz CT molecular complexity index is 1300. The van der Waals surface area contributed by atoms with E-state index in [1.54, 1.807) is 6.08 Å². The number of esters is 1. The molecule has 1 aliphatic carbocycles. The van der Waals surface area contributed by atoms with E-state index in [-0.39, 0.29) is 50.9 Å². The van der Waals surface area contributed by atoms with Gasteiger partial charge < -0.3 is 30.5 Å². The highest BCUT2D eigenvalue weighted by Crippen LogP contribution is 2.28. The van der Waals surface area contributed by atoms with Gasteiger partial charge in [-0.3, -0.25) is 9.59 Å². The normalized spacial score (nSPS) is 15.5. The summed E-state index contributed by atoms with van der Waals surface area (Å²) in [4.78, 5) is 52.2. The number of aliphatic hydroxyl groups is 1. The molecule has 10 heteroatoms. The molecule has 0 heterocycles. The minimum Gasteiger partial charge on any atom is -0.462 e. The standard InChI is InChI=1S/C38H51N3O7/c1-3-14-31(24-35(43)39-32(25-42)22-28-16-8-5-9-17-28)36(44)40-33(23-29-18-10-6-11-19-29)27-47-37(45)34(15-4-2)41-38(46)48-26-30-20-12-7-13-21-30/h3-5,7-9,12-13,16-17,20-21,29,31-34,42H,1-2,6,10-11,14-15,18-19,22-27H2,(H,39,43)(H,40,44)(H,41,46)/t31-,32-,33+,34-/m1/s1. The highest BCUT2D eigenvalue weighted by molar-refractivity contribution is 5.86. The molecule has 4 atom stereocenters. The van der Waals surface area contributed by atoms with E-state index in [2.05, 4.69) is 29.1 Å². The van der Waals surface area contributed by atoms with Crippen LogP contribution in [0.1, 0.15) is 68.9 Å². The third kappa shape index (κ3) is 14.1. The molecule has 0 saturated heterocycles. The molecule has 4 N–H and O–H groups in total. The highest BCUT2D eigenvalue weighted by atomic mass is 16.6. The summed E-state index contributed by atoms with van der Waals surface area (Å²) in [7, 11) is 0. The molecule has 0 spiro atoms. The van der Waals surface area contributed by atoms with Gasteiger partial charge in [-0.05, 0) is 42.7 Å². The summed E-state index contributed by atoms with van der Waals surface area (Å²) in [6, 6.07) is 16.8. The Morgan fingerprint density at radius 3 is 2.08 bits per heavy atom. The Balaban J connectivity index is 1.60. The number of alkyl carbamates (subject to hydrolysis) is 1. The van der Waals surface area contributed by atoms with Crippen LogP contribution >= 0.6 is 0 Å². The molecule has 0 radical (unpaired) electrons. The number of carbonyl (C=O) groups is 4. The van der Waals surface area contributed by atoms with Crippen molar-refractivity contribution in [2.24, 2.45) is 11.8 Å². The molecule has 1 aliphatic rings. The molecular weight excluding hydrogens is 610 g/mol. The van der Waals surface area contributed by atoms with Crippen LogP contribution in [-0.4, -0.2) is 60.3 Å². The number of allylic oxidation sites excluding steroid dienone is 1. The fourth-order valence-electron chi connectivity index (χ4n) is 5.94. The fraction of sp³-hybridized carbons (Fsp3) is 0.474. The third-order valence-electron chi connectivity index (χ3n) is 8.47. The van der Waals surface area contributed by atoms with E-state index >= 15 is 0 Å². The van der Waals surface area contributed by atoms with Crippen LogP contribution in [0.2, 0.25) is 0 Å². The van der Waals surface area contributed by atoms with Crippen LogP contribution in [0.25, 0.3) is 0 Å². The van der Waals surface area contributed by atoms with Crippen LogP contribution in [0.15, 0.2) is 86.0 Å². The van der Waals surface area contributed by atoms with E-state index in [1.807, 2.05) is 60.7 Å². The summed E-state index contributed by atoms with van der Waals surface area (Å²) in [5.74, 6) is -1.68. The summed E-state index contributed by atoms with van der Waals surface area (Å²) < 4.78 is 10.9. The topological polar surface area (TPSA) is 143 Å². The van der Waals surface area contributed by atoms with Crippen LogP contribution in [0, 0.1) is 11.8 Å². The minimum atomic E-state index is -1.01. The van der Waals surface area contributed by atoms with Gasteiger partial charge in [0.2, 0.25) is 11.8 Å². The number of aliphatic hydroxyl groups excluding tert-OH is 1. The van der Waals surface area contributed by atoms with Gasteiger partial charge in [0.1, 0.15) is 19.3 Å². The molecule has 0 unspecified atom stereocenters. The molecule has 0 aliphatic heterocycles. The first kappa shape index (κ1) is 38.0. The van der Waals surface area contributed by atoms with Crippen LogP contribution in [0.3, 0.4) is 0 Å². The summed E-state index contributed by atoms with van der Waals surface area (Å²) in [6.45, 7) is 7.19. The Kier molecular flexibility index (Phi) is 17.0. The van der Waals surface area contributed by atoms with Gasteiger partial charge in [0.05, 0.1) is 24.6 Å². The first-order valence-corrected chi connectivity index (χ1v) is 16.9. The second-order valence-electron chi connectivity index (χ2n) is 12.4. The zero-order valence-electron chi connectivity index (χ0n) is 27.8. The van der Waals surface area contributed by atoms with Crippen molar-refractivity contribution < 1.29 is 33.8 Å². The van der Waals surface area contributed by atoms with Gasteiger partial charge in [0.15, 0.2) is 0 Å². The Morgan fingerprint density at radius 2 is 1.46 bits per heavy atom. The smallest absolute Gasteiger partial charge is 0.408 e. The maximum atomic E-state index is 13.6. The molecule has 0 aromatic heterocycles. The first-order valence-electron chi connectivity index (χ1n) is 16.9. The molecule has 3 rings (SSSR count). The van der Waals surface area contributed by atoms with Gasteiger partial charge in [0, 0.05) is 6.42 Å². The lowest BCUT2D eigenvalue weighted by Gasteiger charge is -2.28. The van der Waals surface area contributed by atoms with Gasteiger partial charge in [-0.25, -0.2) is 9.59 Å². The largest absolute Gasteiger partial charge is 0.462 e. The molecule has 1 fully saturated rings. The van der Waals surface area contributed by atoms with E-state index < -0.39 is 36.1 Å². The van der Waals surface area contributed by atoms with E-state index in [0.29, 0.717) is 18.8 Å². The maximum Gasteiger partial charge on any atom is 0.408 e. The van der Waals surface area contributed by atoms with Gasteiger partial charge >= 0.3 is 12.1 Å². The van der Waals surface area contributed by atoms with Gasteiger partial charge in [0.25, 0.3) is 0 Å². The van der Waals surface area contributed by atoms with Crippen LogP contribution < -0.4 is 16.0 Å². The van der Waals surface area contributed by atoms with E-state index in [4.69, 9.17) is 9.47 Å². The van der Waals surface area contributed by atoms with Crippen molar-refractivity contribution in [2.75, 3.05) is 13.2 Å². The number of ether oxygens (including phenoxy) is 2. The zero-order chi connectivity index (χ0) is 34.6. The van der Waals surface area contributed by atoms with Crippen LogP contribution in [0.5, 0.6) is 0 Å². The second kappa shape index (κ2) is 21.4. The minimum absolute atomic E-state index is 0.0512. The molecule has 0 bridgehead atoms. The molecule has 10 nitrogen and oxygen atoms in total. The van der Waals surface area contributed by atoms with Crippen molar-refractivity contribution in [1.82, 2.24) is 16.0 Å². The number of nitrogens with one attached hydrogen (secondary N) is 3. The third-order valence-corrected chi connectivity index (χ3v) is 8.47. The summed E-state index contributed by atoms with van der Waals surface area (Å²) in [5.41, 5.74) is 1.79. The number of amides is 3. The number of carbonyl (C=O) groups excluding carboxylic acids is 4. The lowest BCUT2D eigenvalue weighted by atomic mass is 9.84. The lowest BCUT2D eigenvalue weighted by Crippen LogP contribution is -2.47. The van der Waals surface area contributed by atoms with Crippen molar-refractivity contribution in [3.8, 4) is 0 Å². The van der Waals surface area contributed by atoms with Crippen LogP contribution in [-0.2, 0) is 36.9 Å². The summed E-state index contributed by atoms with van der Waals surface area (Å²) in [6.07, 6.45) is 9.19. The summed E-state index contributed by atoms with van der Waals surface area (Å²) >= 11 is 0. The Labute approximate surface area is 284 Å². The molecule has 3 amide bonds. The monoisotopic (exact) mass is 661 g/mol. The van der Waals surface area contributed by atoms with Crippen molar-refractivity contribution in [2.45, 2.75) is 88.9 Å². The quantitative estimate of drug-likeness (QED) is 0.113. The molecule has 1 saturated carbocycles. The molecule has 48 heavy (non-hydrogen) atoms. The Hall–Kier alpha value is -4.44. The first-order chi connectivity index (χ1) is 23.3. The zero-order valence-corrected chi connectivity index (χ0v) is 27.8. The number of benzene rings is 2. The fourth-order valence-corrected chi connectivity index (χ4v) is 5.94. The maximum absolute atomic E-state index is 13.6. The Morgan fingerprint density at radius 1 is 0.812 bits per heavy atom. The molecular formula is C38H51N3O7. The molecule has 2 aromatic carbocycles. The van der Waals surface area contributed by atoms with E-state index in [0.717, 1.165) is 36.8 Å². The molecule has 2 aromatic rings. The van der Waals surface area contributed by atoms with E-state index in [9.17, 15) is 24.3 Å².